The third kappa shape index (κ3) is 3.34. The van der Waals surface area contributed by atoms with Crippen molar-refractivity contribution in [2.24, 2.45) is 0 Å². The van der Waals surface area contributed by atoms with Crippen LogP contribution in [0.1, 0.15) is 18.7 Å². The SMILES string of the molecule is COC(=O)[C@@H]1CCCN1Cc1nc(-c2ccc(OC)cc2)no1. The number of hydrogen-bond donors (Lipinski definition) is 0. The lowest BCUT2D eigenvalue weighted by molar-refractivity contribution is -0.146. The van der Waals surface area contributed by atoms with Crippen LogP contribution in [-0.2, 0) is 16.1 Å². The molecule has 0 saturated carbocycles. The van der Waals surface area contributed by atoms with Crippen molar-refractivity contribution in [3.63, 3.8) is 0 Å². The highest BCUT2D eigenvalue weighted by Crippen LogP contribution is 2.23. The van der Waals surface area contributed by atoms with Crippen LogP contribution >= 0.6 is 0 Å². The fourth-order valence-corrected chi connectivity index (χ4v) is 2.77. The van der Waals surface area contributed by atoms with Gasteiger partial charge < -0.3 is 14.0 Å². The highest BCUT2D eigenvalue weighted by atomic mass is 16.5. The van der Waals surface area contributed by atoms with Gasteiger partial charge in [0.25, 0.3) is 0 Å². The maximum atomic E-state index is 11.8. The lowest BCUT2D eigenvalue weighted by Crippen LogP contribution is -2.36. The Morgan fingerprint density at radius 2 is 2.13 bits per heavy atom. The van der Waals surface area contributed by atoms with Crippen molar-refractivity contribution in [1.82, 2.24) is 15.0 Å². The molecule has 1 aromatic carbocycles. The number of carbonyl (C=O) groups is 1. The van der Waals surface area contributed by atoms with Gasteiger partial charge in [-0.15, -0.1) is 0 Å². The smallest absolute Gasteiger partial charge is 0.323 e. The summed E-state index contributed by atoms with van der Waals surface area (Å²) < 4.78 is 15.3. The maximum Gasteiger partial charge on any atom is 0.323 e. The Balaban J connectivity index is 1.70. The first-order chi connectivity index (χ1) is 11.2. The number of methoxy groups -OCH3 is 2. The maximum absolute atomic E-state index is 11.8. The number of rotatable bonds is 5. The molecule has 0 amide bonds. The summed E-state index contributed by atoms with van der Waals surface area (Å²) in [5.74, 6) is 1.58. The molecule has 0 spiro atoms. The Kier molecular flexibility index (Phi) is 4.57. The Morgan fingerprint density at radius 1 is 1.35 bits per heavy atom. The van der Waals surface area contributed by atoms with Crippen molar-refractivity contribution in [1.29, 1.82) is 0 Å². The molecule has 2 aromatic rings. The van der Waals surface area contributed by atoms with Crippen LogP contribution in [0, 0.1) is 0 Å². The number of aromatic nitrogens is 2. The van der Waals surface area contributed by atoms with Crippen molar-refractivity contribution < 1.29 is 18.8 Å². The van der Waals surface area contributed by atoms with E-state index in [4.69, 9.17) is 14.0 Å². The molecular formula is C16H19N3O4. The molecule has 7 heteroatoms. The standard InChI is InChI=1S/C16H19N3O4/c1-21-12-7-5-11(6-8-12)15-17-14(23-18-15)10-19-9-3-4-13(19)16(20)22-2/h5-8,13H,3-4,9-10H2,1-2H3/t13-/m0/s1. The first-order valence-corrected chi connectivity index (χ1v) is 7.50. The van der Waals surface area contributed by atoms with E-state index in [1.54, 1.807) is 7.11 Å². The van der Waals surface area contributed by atoms with Gasteiger partial charge in [0.05, 0.1) is 20.8 Å². The van der Waals surface area contributed by atoms with E-state index in [9.17, 15) is 4.79 Å². The molecule has 1 saturated heterocycles. The highest BCUT2D eigenvalue weighted by molar-refractivity contribution is 5.75. The third-order valence-corrected chi connectivity index (χ3v) is 3.99. The molecule has 0 bridgehead atoms. The molecule has 122 valence electrons. The second kappa shape index (κ2) is 6.78. The van der Waals surface area contributed by atoms with Gasteiger partial charge in [-0.1, -0.05) is 5.16 Å². The zero-order chi connectivity index (χ0) is 16.2. The first-order valence-electron chi connectivity index (χ1n) is 7.50. The summed E-state index contributed by atoms with van der Waals surface area (Å²) in [6, 6.07) is 7.22. The predicted molar refractivity (Wildman–Crippen MR) is 81.7 cm³/mol. The van der Waals surface area contributed by atoms with Gasteiger partial charge in [-0.25, -0.2) is 0 Å². The third-order valence-electron chi connectivity index (χ3n) is 3.99. The fourth-order valence-electron chi connectivity index (χ4n) is 2.77. The van der Waals surface area contributed by atoms with Crippen molar-refractivity contribution in [2.45, 2.75) is 25.4 Å². The van der Waals surface area contributed by atoms with Gasteiger partial charge in [-0.3, -0.25) is 9.69 Å². The minimum atomic E-state index is -0.226. The molecular weight excluding hydrogens is 298 g/mol. The van der Waals surface area contributed by atoms with Gasteiger partial charge in [0.15, 0.2) is 0 Å². The summed E-state index contributed by atoms with van der Waals surface area (Å²) in [6.07, 6.45) is 1.76. The van der Waals surface area contributed by atoms with Crippen molar-refractivity contribution in [2.75, 3.05) is 20.8 Å². The average molecular weight is 317 g/mol. The molecule has 0 unspecified atom stereocenters. The van der Waals surface area contributed by atoms with Crippen molar-refractivity contribution in [3.05, 3.63) is 30.2 Å². The molecule has 1 aromatic heterocycles. The molecule has 1 atom stereocenters. The molecule has 1 fully saturated rings. The van der Waals surface area contributed by atoms with Crippen LogP contribution in [0.3, 0.4) is 0 Å². The number of esters is 1. The van der Waals surface area contributed by atoms with E-state index < -0.39 is 0 Å². The largest absolute Gasteiger partial charge is 0.497 e. The Hall–Kier alpha value is -2.41. The van der Waals surface area contributed by atoms with Crippen LogP contribution in [0.15, 0.2) is 28.8 Å². The van der Waals surface area contributed by atoms with Gasteiger partial charge in [0.1, 0.15) is 11.8 Å². The molecule has 23 heavy (non-hydrogen) atoms. The summed E-state index contributed by atoms with van der Waals surface area (Å²) in [5.41, 5.74) is 0.853. The second-order valence-corrected chi connectivity index (χ2v) is 5.39. The quantitative estimate of drug-likeness (QED) is 0.779. The first kappa shape index (κ1) is 15.5. The molecule has 3 rings (SSSR count). The number of likely N-dealkylation sites (tertiary alicyclic amines) is 1. The number of hydrogen-bond acceptors (Lipinski definition) is 7. The lowest BCUT2D eigenvalue weighted by atomic mass is 10.2. The predicted octanol–water partition coefficient (Wildman–Crippen LogP) is 1.88. The van der Waals surface area contributed by atoms with Crippen LogP contribution in [0.5, 0.6) is 5.75 Å². The Bertz CT molecular complexity index is 668. The normalized spacial score (nSPS) is 18.1. The molecule has 2 heterocycles. The zero-order valence-corrected chi connectivity index (χ0v) is 13.2. The minimum absolute atomic E-state index is 0.211. The summed E-state index contributed by atoms with van der Waals surface area (Å²) >= 11 is 0. The van der Waals surface area contributed by atoms with Crippen LogP contribution in [0.25, 0.3) is 11.4 Å². The van der Waals surface area contributed by atoms with E-state index in [0.717, 1.165) is 30.7 Å². The molecule has 0 aliphatic carbocycles. The van der Waals surface area contributed by atoms with Gasteiger partial charge in [-0.05, 0) is 43.7 Å². The van der Waals surface area contributed by atoms with Crippen molar-refractivity contribution >= 4 is 5.97 Å². The summed E-state index contributed by atoms with van der Waals surface area (Å²) in [6.45, 7) is 1.27. The van der Waals surface area contributed by atoms with Crippen LogP contribution in [-0.4, -0.2) is 47.8 Å². The summed E-state index contributed by atoms with van der Waals surface area (Å²) in [4.78, 5) is 18.2. The number of ether oxygens (including phenoxy) is 2. The minimum Gasteiger partial charge on any atom is -0.497 e. The van der Waals surface area contributed by atoms with Gasteiger partial charge in [0, 0.05) is 5.56 Å². The summed E-state index contributed by atoms with van der Waals surface area (Å²) in [7, 11) is 3.03. The van der Waals surface area contributed by atoms with Gasteiger partial charge >= 0.3 is 5.97 Å². The zero-order valence-electron chi connectivity index (χ0n) is 13.2. The topological polar surface area (TPSA) is 77.7 Å². The van der Waals surface area contributed by atoms with Crippen LogP contribution in [0.4, 0.5) is 0 Å². The Morgan fingerprint density at radius 3 is 2.83 bits per heavy atom. The monoisotopic (exact) mass is 317 g/mol. The van der Waals surface area contributed by atoms with E-state index in [2.05, 4.69) is 10.1 Å². The molecule has 0 radical (unpaired) electrons. The Labute approximate surface area is 134 Å². The van der Waals surface area contributed by atoms with Gasteiger partial charge in [-0.2, -0.15) is 4.98 Å². The van der Waals surface area contributed by atoms with E-state index in [0.29, 0.717) is 18.3 Å². The number of carbonyl (C=O) groups excluding carboxylic acids is 1. The van der Waals surface area contributed by atoms with Crippen molar-refractivity contribution in [3.8, 4) is 17.1 Å². The summed E-state index contributed by atoms with van der Waals surface area (Å²) in [5, 5.41) is 4.00. The van der Waals surface area contributed by atoms with Gasteiger partial charge in [0.2, 0.25) is 11.7 Å². The number of benzene rings is 1. The lowest BCUT2D eigenvalue weighted by Gasteiger charge is -2.19. The molecule has 7 nitrogen and oxygen atoms in total. The van der Waals surface area contributed by atoms with Crippen LogP contribution < -0.4 is 4.74 Å². The molecule has 1 aliphatic rings. The second-order valence-electron chi connectivity index (χ2n) is 5.39. The van der Waals surface area contributed by atoms with E-state index in [1.807, 2.05) is 29.2 Å². The van der Waals surface area contributed by atoms with E-state index in [1.165, 1.54) is 7.11 Å². The average Bonchev–Trinajstić information content (AvgIpc) is 3.24. The van der Waals surface area contributed by atoms with Crippen LogP contribution in [0.2, 0.25) is 0 Å². The number of nitrogens with zero attached hydrogens (tertiary/aromatic N) is 3. The fraction of sp³-hybridized carbons (Fsp3) is 0.438. The molecule has 0 N–H and O–H groups in total. The molecule has 1 aliphatic heterocycles. The van der Waals surface area contributed by atoms with E-state index in [-0.39, 0.29) is 12.0 Å². The highest BCUT2D eigenvalue weighted by Gasteiger charge is 2.32. The van der Waals surface area contributed by atoms with E-state index >= 15 is 0 Å².